The minimum atomic E-state index is 0.00784. The summed E-state index contributed by atoms with van der Waals surface area (Å²) in [6, 6.07) is 0. The van der Waals surface area contributed by atoms with Gasteiger partial charge in [0.25, 0.3) is 0 Å². The minimum Gasteiger partial charge on any atom is -0.341 e. The van der Waals surface area contributed by atoms with E-state index in [4.69, 9.17) is 11.6 Å². The van der Waals surface area contributed by atoms with Gasteiger partial charge in [-0.15, -0.1) is 11.6 Å². The Morgan fingerprint density at radius 3 is 2.78 bits per heavy atom. The zero-order valence-corrected chi connectivity index (χ0v) is 12.5. The third-order valence-corrected chi connectivity index (χ3v) is 3.70. The van der Waals surface area contributed by atoms with Crippen molar-refractivity contribution in [2.45, 2.75) is 26.7 Å². The third kappa shape index (κ3) is 4.29. The highest BCUT2D eigenvalue weighted by Gasteiger charge is 2.24. The maximum atomic E-state index is 12.4. The third-order valence-electron chi connectivity index (χ3n) is 3.53. The van der Waals surface area contributed by atoms with Crippen LogP contribution < -0.4 is 0 Å². The quantitative estimate of drug-likeness (QED) is 0.547. The van der Waals surface area contributed by atoms with E-state index in [1.807, 2.05) is 11.8 Å². The number of likely N-dealkylation sites (N-methyl/N-ethyl adjacent to an activating group) is 1. The molecule has 1 atom stereocenters. The fourth-order valence-electron chi connectivity index (χ4n) is 2.32. The van der Waals surface area contributed by atoms with Crippen molar-refractivity contribution in [3.63, 3.8) is 0 Å². The van der Waals surface area contributed by atoms with Crippen LogP contribution in [0.25, 0.3) is 0 Å². The molecule has 0 N–H and O–H groups in total. The van der Waals surface area contributed by atoms with Gasteiger partial charge in [0.1, 0.15) is 0 Å². The van der Waals surface area contributed by atoms with E-state index in [1.165, 1.54) is 5.57 Å². The molecule has 1 unspecified atom stereocenters. The van der Waals surface area contributed by atoms with Crippen LogP contribution >= 0.6 is 11.6 Å². The molecule has 1 rings (SSSR count). The SMILES string of the molecule is CCCN(CCCl)C(=O)C(C)C1=CCN(C)CC1. The summed E-state index contributed by atoms with van der Waals surface area (Å²) in [6.07, 6.45) is 4.19. The zero-order chi connectivity index (χ0) is 13.5. The van der Waals surface area contributed by atoms with Crippen molar-refractivity contribution in [1.29, 1.82) is 0 Å². The van der Waals surface area contributed by atoms with Crippen LogP contribution in [0.2, 0.25) is 0 Å². The van der Waals surface area contributed by atoms with Crippen LogP contribution in [0.3, 0.4) is 0 Å². The van der Waals surface area contributed by atoms with Crippen LogP contribution in [-0.2, 0) is 4.79 Å². The lowest BCUT2D eigenvalue weighted by Crippen LogP contribution is -2.39. The molecule has 0 aromatic heterocycles. The van der Waals surface area contributed by atoms with Gasteiger partial charge < -0.3 is 9.80 Å². The van der Waals surface area contributed by atoms with Crippen molar-refractivity contribution in [2.75, 3.05) is 39.1 Å². The molecule has 0 aromatic rings. The van der Waals surface area contributed by atoms with Crippen LogP contribution in [0.15, 0.2) is 11.6 Å². The summed E-state index contributed by atoms with van der Waals surface area (Å²) >= 11 is 5.77. The molecule has 1 heterocycles. The molecule has 0 radical (unpaired) electrons. The van der Waals surface area contributed by atoms with Gasteiger partial charge in [-0.25, -0.2) is 0 Å². The molecule has 1 aliphatic heterocycles. The van der Waals surface area contributed by atoms with Gasteiger partial charge in [-0.1, -0.05) is 18.6 Å². The second-order valence-corrected chi connectivity index (χ2v) is 5.41. The maximum absolute atomic E-state index is 12.4. The molecular weight excluding hydrogens is 248 g/mol. The molecule has 0 aromatic carbocycles. The summed E-state index contributed by atoms with van der Waals surface area (Å²) in [5.41, 5.74) is 1.29. The molecular formula is C14H25ClN2O. The number of alkyl halides is 1. The zero-order valence-electron chi connectivity index (χ0n) is 11.8. The van der Waals surface area contributed by atoms with E-state index in [9.17, 15) is 4.79 Å². The molecule has 18 heavy (non-hydrogen) atoms. The molecule has 0 bridgehead atoms. The van der Waals surface area contributed by atoms with Crippen LogP contribution in [0, 0.1) is 5.92 Å². The molecule has 1 aliphatic rings. The fourth-order valence-corrected chi connectivity index (χ4v) is 2.52. The highest BCUT2D eigenvalue weighted by Crippen LogP contribution is 2.21. The molecule has 104 valence electrons. The molecule has 4 heteroatoms. The van der Waals surface area contributed by atoms with E-state index < -0.39 is 0 Å². The number of rotatable bonds is 6. The predicted molar refractivity (Wildman–Crippen MR) is 77.0 cm³/mol. The van der Waals surface area contributed by atoms with Crippen LogP contribution in [0.5, 0.6) is 0 Å². The second-order valence-electron chi connectivity index (χ2n) is 5.03. The van der Waals surface area contributed by atoms with Crippen molar-refractivity contribution in [3.05, 3.63) is 11.6 Å². The number of halogens is 1. The number of hydrogen-bond acceptors (Lipinski definition) is 2. The molecule has 0 saturated carbocycles. The maximum Gasteiger partial charge on any atom is 0.229 e. The Morgan fingerprint density at radius 2 is 2.28 bits per heavy atom. The minimum absolute atomic E-state index is 0.00784. The predicted octanol–water partition coefficient (Wildman–Crippen LogP) is 2.36. The largest absolute Gasteiger partial charge is 0.341 e. The lowest BCUT2D eigenvalue weighted by molar-refractivity contribution is -0.133. The van der Waals surface area contributed by atoms with Crippen molar-refractivity contribution in [1.82, 2.24) is 9.80 Å². The first-order chi connectivity index (χ1) is 8.60. The van der Waals surface area contributed by atoms with Gasteiger partial charge in [0.05, 0.1) is 5.92 Å². The summed E-state index contributed by atoms with van der Waals surface area (Å²) in [4.78, 5) is 16.6. The van der Waals surface area contributed by atoms with Crippen molar-refractivity contribution in [3.8, 4) is 0 Å². The fraction of sp³-hybridized carbons (Fsp3) is 0.786. The second kappa shape index (κ2) is 7.80. The van der Waals surface area contributed by atoms with E-state index in [0.29, 0.717) is 12.4 Å². The highest BCUT2D eigenvalue weighted by molar-refractivity contribution is 6.18. The standard InChI is InChI=1S/C14H25ClN2O/c1-4-8-17(11-7-15)14(18)12(2)13-5-9-16(3)10-6-13/h5,12H,4,6-11H2,1-3H3. The van der Waals surface area contributed by atoms with Gasteiger partial charge >= 0.3 is 0 Å². The van der Waals surface area contributed by atoms with E-state index >= 15 is 0 Å². The lowest BCUT2D eigenvalue weighted by Gasteiger charge is -2.29. The molecule has 0 fully saturated rings. The number of carbonyl (C=O) groups excluding carboxylic acids is 1. The first-order valence-corrected chi connectivity index (χ1v) is 7.35. The lowest BCUT2D eigenvalue weighted by atomic mass is 9.94. The van der Waals surface area contributed by atoms with Gasteiger partial charge in [0, 0.05) is 32.1 Å². The first-order valence-electron chi connectivity index (χ1n) is 6.82. The van der Waals surface area contributed by atoms with E-state index in [1.54, 1.807) is 0 Å². The number of amides is 1. The Labute approximate surface area is 116 Å². The van der Waals surface area contributed by atoms with Gasteiger partial charge in [-0.05, 0) is 26.8 Å². The molecule has 3 nitrogen and oxygen atoms in total. The van der Waals surface area contributed by atoms with E-state index in [-0.39, 0.29) is 11.8 Å². The Bertz CT molecular complexity index is 298. The van der Waals surface area contributed by atoms with Crippen LogP contribution in [0.4, 0.5) is 0 Å². The monoisotopic (exact) mass is 272 g/mol. The number of carbonyl (C=O) groups is 1. The summed E-state index contributed by atoms with van der Waals surface area (Å²) in [7, 11) is 2.11. The smallest absolute Gasteiger partial charge is 0.229 e. The van der Waals surface area contributed by atoms with Crippen molar-refractivity contribution < 1.29 is 4.79 Å². The molecule has 0 saturated heterocycles. The average molecular weight is 273 g/mol. The van der Waals surface area contributed by atoms with Gasteiger partial charge in [0.2, 0.25) is 5.91 Å². The van der Waals surface area contributed by atoms with E-state index in [2.05, 4.69) is 24.9 Å². The van der Waals surface area contributed by atoms with Gasteiger partial charge in [-0.3, -0.25) is 4.79 Å². The average Bonchev–Trinajstić information content (AvgIpc) is 2.38. The summed E-state index contributed by atoms with van der Waals surface area (Å²) in [5, 5.41) is 0. The number of nitrogens with zero attached hydrogens (tertiary/aromatic N) is 2. The summed E-state index contributed by atoms with van der Waals surface area (Å²) in [6.45, 7) is 7.59. The Balaban J connectivity index is 2.63. The van der Waals surface area contributed by atoms with Crippen molar-refractivity contribution >= 4 is 17.5 Å². The highest BCUT2D eigenvalue weighted by atomic mass is 35.5. The Morgan fingerprint density at radius 1 is 1.56 bits per heavy atom. The van der Waals surface area contributed by atoms with Gasteiger partial charge in [-0.2, -0.15) is 0 Å². The van der Waals surface area contributed by atoms with Crippen LogP contribution in [-0.4, -0.2) is 54.8 Å². The van der Waals surface area contributed by atoms with E-state index in [0.717, 1.165) is 32.5 Å². The topological polar surface area (TPSA) is 23.6 Å². The summed E-state index contributed by atoms with van der Waals surface area (Å²) in [5.74, 6) is 0.752. The molecule has 0 spiro atoms. The normalized spacial score (nSPS) is 18.3. The Hall–Kier alpha value is -0.540. The molecule has 1 amide bonds. The molecule has 0 aliphatic carbocycles. The number of hydrogen-bond donors (Lipinski definition) is 0. The van der Waals surface area contributed by atoms with Crippen molar-refractivity contribution in [2.24, 2.45) is 5.92 Å². The van der Waals surface area contributed by atoms with Gasteiger partial charge in [0.15, 0.2) is 0 Å². The Kier molecular flexibility index (Phi) is 6.72. The first kappa shape index (κ1) is 15.5. The summed E-state index contributed by atoms with van der Waals surface area (Å²) < 4.78 is 0. The van der Waals surface area contributed by atoms with Crippen LogP contribution in [0.1, 0.15) is 26.7 Å².